The van der Waals surface area contributed by atoms with Gasteiger partial charge in [-0.1, -0.05) is 12.2 Å². The van der Waals surface area contributed by atoms with Gasteiger partial charge in [-0.25, -0.2) is 0 Å². The Morgan fingerprint density at radius 3 is 3.21 bits per heavy atom. The van der Waals surface area contributed by atoms with Crippen LogP contribution in [-0.2, 0) is 0 Å². The maximum Gasteiger partial charge on any atom is 0.137 e. The second kappa shape index (κ2) is 4.77. The Bertz CT molecular complexity index is 297. The zero-order valence-corrected chi connectivity index (χ0v) is 8.02. The molecule has 0 spiro atoms. The van der Waals surface area contributed by atoms with Crippen LogP contribution in [0.1, 0.15) is 6.42 Å². The Morgan fingerprint density at radius 1 is 1.50 bits per heavy atom. The van der Waals surface area contributed by atoms with Gasteiger partial charge < -0.3 is 10.1 Å². The average molecular weight is 190 g/mol. The Labute approximate surface area is 83.8 Å². The van der Waals surface area contributed by atoms with Crippen LogP contribution in [0.25, 0.3) is 0 Å². The van der Waals surface area contributed by atoms with E-state index in [4.69, 9.17) is 4.74 Å². The number of hydrogen-bond donors (Lipinski definition) is 1. The minimum absolute atomic E-state index is 0.431. The molecule has 1 aliphatic rings. The van der Waals surface area contributed by atoms with E-state index in [1.165, 1.54) is 0 Å². The van der Waals surface area contributed by atoms with E-state index >= 15 is 0 Å². The lowest BCUT2D eigenvalue weighted by atomic mass is 10.1. The van der Waals surface area contributed by atoms with Gasteiger partial charge in [-0.15, -0.1) is 0 Å². The summed E-state index contributed by atoms with van der Waals surface area (Å²) in [5.74, 6) is 0.837. The lowest BCUT2D eigenvalue weighted by Crippen LogP contribution is -2.36. The fourth-order valence-electron chi connectivity index (χ4n) is 1.42. The maximum atomic E-state index is 5.59. The van der Waals surface area contributed by atoms with Crippen LogP contribution in [0.2, 0.25) is 0 Å². The molecule has 0 radical (unpaired) electrons. The van der Waals surface area contributed by atoms with Crippen molar-refractivity contribution < 1.29 is 4.74 Å². The third-order valence-electron chi connectivity index (χ3n) is 2.20. The monoisotopic (exact) mass is 190 g/mol. The first-order chi connectivity index (χ1) is 6.95. The molecule has 0 saturated heterocycles. The molecule has 0 unspecified atom stereocenters. The summed E-state index contributed by atoms with van der Waals surface area (Å²) < 4.78 is 5.59. The van der Waals surface area contributed by atoms with Gasteiger partial charge in [-0.3, -0.25) is 4.98 Å². The molecule has 0 aliphatic carbocycles. The van der Waals surface area contributed by atoms with Crippen molar-refractivity contribution in [2.24, 2.45) is 0 Å². The van der Waals surface area contributed by atoms with Crippen molar-refractivity contribution >= 4 is 0 Å². The molecular formula is C11H14N2O. The number of hydrogen-bond acceptors (Lipinski definition) is 3. The third-order valence-corrected chi connectivity index (χ3v) is 2.20. The average Bonchev–Trinajstić information content (AvgIpc) is 2.29. The largest absolute Gasteiger partial charge is 0.490 e. The molecule has 1 atom stereocenters. The predicted molar refractivity (Wildman–Crippen MR) is 55.3 cm³/mol. The summed E-state index contributed by atoms with van der Waals surface area (Å²) in [6.07, 6.45) is 8.85. The summed E-state index contributed by atoms with van der Waals surface area (Å²) in [5.41, 5.74) is 0. The third kappa shape index (κ3) is 2.57. The van der Waals surface area contributed by atoms with Crippen molar-refractivity contribution in [2.45, 2.75) is 12.5 Å². The first-order valence-electron chi connectivity index (χ1n) is 4.86. The molecule has 14 heavy (non-hydrogen) atoms. The highest BCUT2D eigenvalue weighted by atomic mass is 16.5. The van der Waals surface area contributed by atoms with E-state index in [0.717, 1.165) is 18.7 Å². The van der Waals surface area contributed by atoms with E-state index in [1.54, 1.807) is 12.4 Å². The predicted octanol–water partition coefficient (Wildman–Crippen LogP) is 1.38. The zero-order chi connectivity index (χ0) is 9.64. The topological polar surface area (TPSA) is 34.1 Å². The van der Waals surface area contributed by atoms with Gasteiger partial charge in [0.25, 0.3) is 0 Å². The number of ether oxygens (including phenoxy) is 1. The minimum atomic E-state index is 0.431. The van der Waals surface area contributed by atoms with Crippen LogP contribution in [0.5, 0.6) is 5.75 Å². The Balaban J connectivity index is 1.80. The van der Waals surface area contributed by atoms with E-state index in [1.807, 2.05) is 12.1 Å². The van der Waals surface area contributed by atoms with Gasteiger partial charge in [0.2, 0.25) is 0 Å². The Hall–Kier alpha value is -1.35. The molecule has 2 heterocycles. The first kappa shape index (κ1) is 9.21. The summed E-state index contributed by atoms with van der Waals surface area (Å²) in [6.45, 7) is 1.65. The Morgan fingerprint density at radius 2 is 2.50 bits per heavy atom. The van der Waals surface area contributed by atoms with Gasteiger partial charge in [-0.2, -0.15) is 0 Å². The van der Waals surface area contributed by atoms with E-state index in [-0.39, 0.29) is 0 Å². The SMILES string of the molecule is C1=CC[C@@H](COc2cccnc2)NC1. The van der Waals surface area contributed by atoms with Crippen molar-refractivity contribution in [2.75, 3.05) is 13.2 Å². The molecule has 1 aromatic heterocycles. The highest BCUT2D eigenvalue weighted by Crippen LogP contribution is 2.08. The second-order valence-electron chi connectivity index (χ2n) is 3.31. The molecule has 1 aromatic rings. The van der Waals surface area contributed by atoms with Crippen molar-refractivity contribution in [3.05, 3.63) is 36.7 Å². The molecule has 0 bridgehead atoms. The van der Waals surface area contributed by atoms with Crippen molar-refractivity contribution in [1.82, 2.24) is 10.3 Å². The molecule has 0 saturated carbocycles. The van der Waals surface area contributed by atoms with Gasteiger partial charge in [0.1, 0.15) is 12.4 Å². The highest BCUT2D eigenvalue weighted by molar-refractivity contribution is 5.15. The summed E-state index contributed by atoms with van der Waals surface area (Å²) in [5, 5.41) is 3.36. The van der Waals surface area contributed by atoms with Crippen LogP contribution < -0.4 is 10.1 Å². The molecule has 0 aromatic carbocycles. The number of nitrogens with one attached hydrogen (secondary N) is 1. The van der Waals surface area contributed by atoms with Gasteiger partial charge in [0, 0.05) is 18.8 Å². The van der Waals surface area contributed by atoms with E-state index in [2.05, 4.69) is 22.5 Å². The fourth-order valence-corrected chi connectivity index (χ4v) is 1.42. The number of pyridine rings is 1. The lowest BCUT2D eigenvalue weighted by Gasteiger charge is -2.19. The smallest absolute Gasteiger partial charge is 0.137 e. The first-order valence-corrected chi connectivity index (χ1v) is 4.86. The second-order valence-corrected chi connectivity index (χ2v) is 3.31. The van der Waals surface area contributed by atoms with Gasteiger partial charge in [0.15, 0.2) is 0 Å². The lowest BCUT2D eigenvalue weighted by molar-refractivity contribution is 0.264. The molecule has 1 N–H and O–H groups in total. The van der Waals surface area contributed by atoms with Crippen LogP contribution in [0.4, 0.5) is 0 Å². The molecule has 1 aliphatic heterocycles. The van der Waals surface area contributed by atoms with Gasteiger partial charge in [-0.05, 0) is 18.6 Å². The molecule has 0 amide bonds. The summed E-state index contributed by atoms with van der Waals surface area (Å²) in [6, 6.07) is 4.23. The van der Waals surface area contributed by atoms with E-state index < -0.39 is 0 Å². The van der Waals surface area contributed by atoms with Crippen LogP contribution in [0.15, 0.2) is 36.7 Å². The van der Waals surface area contributed by atoms with Gasteiger partial charge in [0.05, 0.1) is 6.20 Å². The summed E-state index contributed by atoms with van der Waals surface area (Å²) in [4.78, 5) is 3.99. The molecular weight excluding hydrogens is 176 g/mol. The number of nitrogens with zero attached hydrogens (tertiary/aromatic N) is 1. The molecule has 2 rings (SSSR count). The van der Waals surface area contributed by atoms with Crippen LogP contribution >= 0.6 is 0 Å². The van der Waals surface area contributed by atoms with Crippen LogP contribution in [0.3, 0.4) is 0 Å². The van der Waals surface area contributed by atoms with Crippen LogP contribution in [0, 0.1) is 0 Å². The van der Waals surface area contributed by atoms with Crippen molar-refractivity contribution in [3.63, 3.8) is 0 Å². The van der Waals surface area contributed by atoms with Gasteiger partial charge >= 0.3 is 0 Å². The van der Waals surface area contributed by atoms with Crippen molar-refractivity contribution in [1.29, 1.82) is 0 Å². The molecule has 74 valence electrons. The summed E-state index contributed by atoms with van der Waals surface area (Å²) >= 11 is 0. The van der Waals surface area contributed by atoms with Crippen LogP contribution in [-0.4, -0.2) is 24.2 Å². The normalized spacial score (nSPS) is 20.7. The Kier molecular flexibility index (Phi) is 3.14. The zero-order valence-electron chi connectivity index (χ0n) is 8.02. The standard InChI is InChI=1S/C11H14N2O/c1-2-7-13-10(4-1)9-14-11-5-3-6-12-8-11/h1-3,5-6,8,10,13H,4,7,9H2/t10-/m0/s1. The molecule has 0 fully saturated rings. The number of aromatic nitrogens is 1. The minimum Gasteiger partial charge on any atom is -0.490 e. The number of rotatable bonds is 3. The summed E-state index contributed by atoms with van der Waals surface area (Å²) in [7, 11) is 0. The quantitative estimate of drug-likeness (QED) is 0.731. The molecule has 3 heteroatoms. The fraction of sp³-hybridized carbons (Fsp3) is 0.364. The van der Waals surface area contributed by atoms with Crippen molar-refractivity contribution in [3.8, 4) is 5.75 Å². The maximum absolute atomic E-state index is 5.59. The van der Waals surface area contributed by atoms with E-state index in [0.29, 0.717) is 12.6 Å². The van der Waals surface area contributed by atoms with E-state index in [9.17, 15) is 0 Å². The highest BCUT2D eigenvalue weighted by Gasteiger charge is 2.08. The molecule has 3 nitrogen and oxygen atoms in total.